The Morgan fingerprint density at radius 1 is 1.17 bits per heavy atom. The van der Waals surface area contributed by atoms with E-state index in [2.05, 4.69) is 41.2 Å². The first-order valence-corrected chi connectivity index (χ1v) is 8.61. The number of nitrogens with one attached hydrogen (secondary N) is 1. The van der Waals surface area contributed by atoms with Crippen LogP contribution in [0.3, 0.4) is 0 Å². The number of ether oxygens (including phenoxy) is 1. The molecule has 0 aliphatic carbocycles. The quantitative estimate of drug-likeness (QED) is 0.644. The van der Waals surface area contributed by atoms with Crippen molar-refractivity contribution < 1.29 is 4.74 Å². The molecule has 0 radical (unpaired) electrons. The van der Waals surface area contributed by atoms with Gasteiger partial charge in [-0.1, -0.05) is 25.1 Å². The molecule has 2 heterocycles. The normalized spacial score (nSPS) is 11.1. The van der Waals surface area contributed by atoms with Crippen molar-refractivity contribution in [2.45, 2.75) is 32.6 Å². The molecular weight excluding hydrogens is 298 g/mol. The number of nitrogens with zero attached hydrogens (tertiary/aromatic N) is 1. The Morgan fingerprint density at radius 3 is 2.71 bits per heavy atom. The van der Waals surface area contributed by atoms with Crippen LogP contribution < -0.4 is 10.5 Å². The monoisotopic (exact) mass is 323 g/mol. The second kappa shape index (κ2) is 7.49. The van der Waals surface area contributed by atoms with Crippen molar-refractivity contribution in [3.8, 4) is 17.1 Å². The molecular formula is C20H25N3O. The molecule has 3 aromatic rings. The van der Waals surface area contributed by atoms with Gasteiger partial charge < -0.3 is 15.5 Å². The summed E-state index contributed by atoms with van der Waals surface area (Å²) in [4.78, 5) is 8.01. The lowest BCUT2D eigenvalue weighted by molar-refractivity contribution is 0.398. The lowest BCUT2D eigenvalue weighted by Gasteiger charge is -2.06. The smallest absolute Gasteiger partial charge is 0.212 e. The Morgan fingerprint density at radius 2 is 2.04 bits per heavy atom. The number of benzene rings is 1. The number of fused-ring (bicyclic) bond motifs is 1. The highest BCUT2D eigenvalue weighted by molar-refractivity contribution is 5.92. The number of rotatable bonds is 7. The van der Waals surface area contributed by atoms with E-state index in [1.807, 2.05) is 12.3 Å². The van der Waals surface area contributed by atoms with Gasteiger partial charge in [-0.2, -0.15) is 0 Å². The summed E-state index contributed by atoms with van der Waals surface area (Å²) < 4.78 is 5.17. The minimum absolute atomic E-state index is 0.633. The topological polar surface area (TPSA) is 63.9 Å². The summed E-state index contributed by atoms with van der Waals surface area (Å²) in [5, 5.41) is 1.32. The second-order valence-electron chi connectivity index (χ2n) is 6.01. The van der Waals surface area contributed by atoms with Gasteiger partial charge in [0.15, 0.2) is 0 Å². The molecule has 0 aliphatic heterocycles. The molecule has 2 aromatic heterocycles. The number of pyridine rings is 1. The maximum atomic E-state index is 5.68. The summed E-state index contributed by atoms with van der Waals surface area (Å²) >= 11 is 0. The molecule has 4 heteroatoms. The molecule has 0 aliphatic rings. The highest BCUT2D eigenvalue weighted by atomic mass is 16.5. The predicted molar refractivity (Wildman–Crippen MR) is 99.5 cm³/mol. The summed E-state index contributed by atoms with van der Waals surface area (Å²) in [5.41, 5.74) is 11.9. The van der Waals surface area contributed by atoms with Crippen molar-refractivity contribution in [3.63, 3.8) is 0 Å². The van der Waals surface area contributed by atoms with E-state index >= 15 is 0 Å². The van der Waals surface area contributed by atoms with Gasteiger partial charge in [0.05, 0.1) is 12.8 Å². The molecule has 4 nitrogen and oxygen atoms in total. The van der Waals surface area contributed by atoms with Crippen LogP contribution in [0.4, 0.5) is 0 Å². The summed E-state index contributed by atoms with van der Waals surface area (Å²) in [5.74, 6) is 0.633. The van der Waals surface area contributed by atoms with E-state index in [4.69, 9.17) is 10.5 Å². The molecule has 0 unspecified atom stereocenters. The van der Waals surface area contributed by atoms with Crippen molar-refractivity contribution in [2.75, 3.05) is 13.7 Å². The van der Waals surface area contributed by atoms with Gasteiger partial charge in [-0.15, -0.1) is 0 Å². The summed E-state index contributed by atoms with van der Waals surface area (Å²) in [7, 11) is 1.64. The average molecular weight is 323 g/mol. The third-order valence-electron chi connectivity index (χ3n) is 4.52. The Balaban J connectivity index is 2.11. The van der Waals surface area contributed by atoms with Gasteiger partial charge in [0.1, 0.15) is 0 Å². The van der Waals surface area contributed by atoms with Crippen LogP contribution in [0.5, 0.6) is 5.88 Å². The molecule has 0 amide bonds. The molecule has 0 fully saturated rings. The molecule has 0 atom stereocenters. The molecule has 24 heavy (non-hydrogen) atoms. The number of aromatic nitrogens is 2. The number of aryl methyl sites for hydroxylation is 2. The molecule has 0 bridgehead atoms. The number of methoxy groups -OCH3 is 1. The zero-order valence-corrected chi connectivity index (χ0v) is 14.4. The third-order valence-corrected chi connectivity index (χ3v) is 4.52. The van der Waals surface area contributed by atoms with E-state index < -0.39 is 0 Å². The number of unbranched alkanes of at least 4 members (excludes halogenated alkanes) is 1. The van der Waals surface area contributed by atoms with Crippen molar-refractivity contribution in [1.82, 2.24) is 9.97 Å². The van der Waals surface area contributed by atoms with E-state index in [0.29, 0.717) is 5.88 Å². The minimum atomic E-state index is 0.633. The van der Waals surface area contributed by atoms with Crippen molar-refractivity contribution in [2.24, 2.45) is 5.73 Å². The minimum Gasteiger partial charge on any atom is -0.481 e. The zero-order valence-electron chi connectivity index (χ0n) is 14.4. The Labute approximate surface area is 143 Å². The number of para-hydroxylation sites is 1. The van der Waals surface area contributed by atoms with Crippen LogP contribution in [0.15, 0.2) is 36.5 Å². The molecule has 0 spiro atoms. The Kier molecular flexibility index (Phi) is 5.16. The number of hydrogen-bond acceptors (Lipinski definition) is 3. The molecule has 3 rings (SSSR count). The van der Waals surface area contributed by atoms with E-state index in [0.717, 1.165) is 43.5 Å². The van der Waals surface area contributed by atoms with Crippen molar-refractivity contribution in [3.05, 3.63) is 47.7 Å². The fraction of sp³-hybridized carbons (Fsp3) is 0.350. The summed E-state index contributed by atoms with van der Waals surface area (Å²) in [6.45, 7) is 2.93. The Hall–Kier alpha value is -2.33. The van der Waals surface area contributed by atoms with Crippen LogP contribution in [0.2, 0.25) is 0 Å². The van der Waals surface area contributed by atoms with Gasteiger partial charge in [-0.25, -0.2) is 4.98 Å². The maximum Gasteiger partial charge on any atom is 0.212 e. The van der Waals surface area contributed by atoms with Crippen LogP contribution in [0, 0.1) is 0 Å². The lowest BCUT2D eigenvalue weighted by atomic mass is 10.00. The third kappa shape index (κ3) is 3.15. The number of hydrogen-bond donors (Lipinski definition) is 2. The van der Waals surface area contributed by atoms with Gasteiger partial charge >= 0.3 is 0 Å². The van der Waals surface area contributed by atoms with Gasteiger partial charge in [0, 0.05) is 28.7 Å². The standard InChI is InChI=1S/C20H25N3O/c1-3-14-7-6-9-17-16(8-4-5-12-21)20(23-19(14)17)15-10-11-18(24-2)22-13-15/h6-7,9-11,13,23H,3-5,8,12,21H2,1-2H3. The van der Waals surface area contributed by atoms with Gasteiger partial charge in [-0.05, 0) is 49.4 Å². The molecule has 0 saturated carbocycles. The predicted octanol–water partition coefficient (Wildman–Crippen LogP) is 4.08. The van der Waals surface area contributed by atoms with Crippen LogP contribution in [-0.4, -0.2) is 23.6 Å². The van der Waals surface area contributed by atoms with E-state index in [9.17, 15) is 0 Å². The SMILES string of the molecule is CCc1cccc2c(CCCCN)c(-c3ccc(OC)nc3)[nH]c12. The number of aromatic amines is 1. The zero-order chi connectivity index (χ0) is 16.9. The van der Waals surface area contributed by atoms with E-state index in [1.54, 1.807) is 7.11 Å². The molecule has 1 aromatic carbocycles. The highest BCUT2D eigenvalue weighted by Crippen LogP contribution is 2.33. The van der Waals surface area contributed by atoms with Crippen molar-refractivity contribution >= 4 is 10.9 Å². The first-order valence-electron chi connectivity index (χ1n) is 8.61. The largest absolute Gasteiger partial charge is 0.481 e. The van der Waals surface area contributed by atoms with Crippen molar-refractivity contribution in [1.29, 1.82) is 0 Å². The Bertz CT molecular complexity index is 806. The van der Waals surface area contributed by atoms with Crippen LogP contribution in [-0.2, 0) is 12.8 Å². The van der Waals surface area contributed by atoms with E-state index in [1.165, 1.54) is 22.0 Å². The lowest BCUT2D eigenvalue weighted by Crippen LogP contribution is -1.99. The second-order valence-corrected chi connectivity index (χ2v) is 6.01. The van der Waals surface area contributed by atoms with Gasteiger partial charge in [0.2, 0.25) is 5.88 Å². The fourth-order valence-electron chi connectivity index (χ4n) is 3.23. The van der Waals surface area contributed by atoms with Crippen LogP contribution in [0.1, 0.15) is 30.9 Å². The summed E-state index contributed by atoms with van der Waals surface area (Å²) in [6.07, 6.45) is 6.05. The fourth-order valence-corrected chi connectivity index (χ4v) is 3.23. The first kappa shape index (κ1) is 16.5. The van der Waals surface area contributed by atoms with E-state index in [-0.39, 0.29) is 0 Å². The average Bonchev–Trinajstić information content (AvgIpc) is 3.01. The van der Waals surface area contributed by atoms with Gasteiger partial charge in [-0.3, -0.25) is 0 Å². The number of H-pyrrole nitrogens is 1. The van der Waals surface area contributed by atoms with Gasteiger partial charge in [0.25, 0.3) is 0 Å². The maximum absolute atomic E-state index is 5.68. The first-order chi connectivity index (χ1) is 11.8. The molecule has 0 saturated heterocycles. The molecule has 3 N–H and O–H groups in total. The van der Waals surface area contributed by atoms with Crippen LogP contribution in [0.25, 0.3) is 22.2 Å². The van der Waals surface area contributed by atoms with Crippen LogP contribution >= 0.6 is 0 Å². The molecule has 126 valence electrons. The summed E-state index contributed by atoms with van der Waals surface area (Å²) in [6, 6.07) is 10.5. The number of nitrogens with two attached hydrogens (primary N) is 1. The highest BCUT2D eigenvalue weighted by Gasteiger charge is 2.15.